The molecule has 0 aliphatic heterocycles. The highest BCUT2D eigenvalue weighted by molar-refractivity contribution is 9.10. The zero-order chi connectivity index (χ0) is 39.7. The third kappa shape index (κ3) is 13.7. The Labute approximate surface area is 346 Å². The van der Waals surface area contributed by atoms with E-state index in [1.54, 1.807) is 0 Å². The van der Waals surface area contributed by atoms with Crippen LogP contribution < -0.4 is 0 Å². The summed E-state index contributed by atoms with van der Waals surface area (Å²) in [6, 6.07) is 11.6. The lowest BCUT2D eigenvalue weighted by Gasteiger charge is -2.41. The number of halogens is 4. The summed E-state index contributed by atoms with van der Waals surface area (Å²) < 4.78 is 32.4. The zero-order valence-electron chi connectivity index (χ0n) is 33.4. The van der Waals surface area contributed by atoms with Crippen LogP contribution in [0.5, 0.6) is 0 Å². The smallest absolute Gasteiger partial charge is 0.310 e. The quantitative estimate of drug-likeness (QED) is 0.179. The largest absolute Gasteiger partial charge is 0.466 e. The van der Waals surface area contributed by atoms with Gasteiger partial charge in [-0.05, 0) is 133 Å². The first kappa shape index (κ1) is 51.7. The molecule has 2 aromatic rings. The number of hydrogen-bond donors (Lipinski definition) is 1. The van der Waals surface area contributed by atoms with Crippen molar-refractivity contribution in [3.05, 3.63) is 66.5 Å². The molecular formula is C40H64Br2Cl2O6S2. The highest BCUT2D eigenvalue weighted by atomic mass is 79.9. The molecule has 0 spiro atoms. The third-order valence-corrected chi connectivity index (χ3v) is 17.1. The lowest BCUT2D eigenvalue weighted by atomic mass is 9.67. The van der Waals surface area contributed by atoms with Gasteiger partial charge in [0, 0.05) is 69.0 Å². The maximum atomic E-state index is 13.1. The van der Waals surface area contributed by atoms with Gasteiger partial charge < -0.3 is 15.3 Å². The molecule has 2 rings (SSSR count). The molecule has 0 saturated carbocycles. The molecule has 0 amide bonds. The first-order valence-electron chi connectivity index (χ1n) is 17.8. The molecule has 0 aromatic heterocycles. The van der Waals surface area contributed by atoms with Gasteiger partial charge in [-0.3, -0.25) is 13.2 Å². The summed E-state index contributed by atoms with van der Waals surface area (Å²) in [4.78, 5) is 13.0. The minimum atomic E-state index is -1.14. The number of aliphatic hydroxyl groups is 1. The molecule has 0 radical (unpaired) electrons. The highest BCUT2D eigenvalue weighted by Crippen LogP contribution is 2.43. The predicted molar refractivity (Wildman–Crippen MR) is 232 cm³/mol. The van der Waals surface area contributed by atoms with Crippen LogP contribution >= 0.6 is 55.1 Å². The van der Waals surface area contributed by atoms with Crippen LogP contribution in [0.2, 0.25) is 10.0 Å². The van der Waals surface area contributed by atoms with E-state index in [0.29, 0.717) is 34.1 Å². The summed E-state index contributed by atoms with van der Waals surface area (Å²) in [6.45, 7) is 26.6. The van der Waals surface area contributed by atoms with Crippen LogP contribution in [-0.4, -0.2) is 59.2 Å². The Hall–Kier alpha value is -0.330. The topological polar surface area (TPSA) is 112 Å². The Bertz CT molecular complexity index is 1500. The summed E-state index contributed by atoms with van der Waals surface area (Å²) in [5.74, 6) is 0.635. The standard InChI is InChI=1S/C21H32BrClO3S.C19H30BrClO2S.H2O/c1-8-14(3)18(19(24)26-9-2)21(7,13-27(25)20(4,5)6)15-10-11-16(22)17(23)12-15;1-7-13(2)15(11-22)19(6,12-24(23)18(3,4)5)14-8-9-16(20)17(21)10-14;/h10-12,14,18H,8-9,13H2,1-7H3;8-10,13,15,22H,7,11-12H2,1-6H3;1H2/t14-,18?,21-,27+;13-,15?,19-,24+;/m00./s1. The average molecular weight is 936 g/mol. The molecule has 3 N–H and O–H groups in total. The highest BCUT2D eigenvalue weighted by Gasteiger charge is 2.47. The van der Waals surface area contributed by atoms with Crippen LogP contribution in [0.1, 0.15) is 114 Å². The fourth-order valence-electron chi connectivity index (χ4n) is 6.32. The molecule has 0 aliphatic carbocycles. The van der Waals surface area contributed by atoms with Crippen molar-refractivity contribution >= 4 is 82.6 Å². The lowest BCUT2D eigenvalue weighted by Crippen LogP contribution is -2.47. The second-order valence-corrected chi connectivity index (χ2v) is 23.0. The van der Waals surface area contributed by atoms with Crippen LogP contribution in [0.3, 0.4) is 0 Å². The summed E-state index contributed by atoms with van der Waals surface area (Å²) >= 11 is 19.6. The number of carbonyl (C=O) groups excluding carboxylic acids is 1. The molecule has 2 unspecified atom stereocenters. The van der Waals surface area contributed by atoms with Crippen LogP contribution in [-0.2, 0) is 42.0 Å². The third-order valence-electron chi connectivity index (χ3n) is 10.2. The monoisotopic (exact) mass is 932 g/mol. The van der Waals surface area contributed by atoms with Gasteiger partial charge >= 0.3 is 5.97 Å². The van der Waals surface area contributed by atoms with Gasteiger partial charge in [0.1, 0.15) is 0 Å². The molecule has 2 aromatic carbocycles. The van der Waals surface area contributed by atoms with Crippen molar-refractivity contribution in [1.29, 1.82) is 0 Å². The van der Waals surface area contributed by atoms with Gasteiger partial charge in [0.2, 0.25) is 0 Å². The van der Waals surface area contributed by atoms with E-state index in [9.17, 15) is 18.3 Å². The van der Waals surface area contributed by atoms with Gasteiger partial charge in [-0.1, -0.05) is 89.7 Å². The van der Waals surface area contributed by atoms with E-state index in [1.165, 1.54) is 0 Å². The fraction of sp³-hybridized carbons (Fsp3) is 0.675. The van der Waals surface area contributed by atoms with Crippen molar-refractivity contribution in [1.82, 2.24) is 0 Å². The number of rotatable bonds is 15. The number of hydrogen-bond acceptors (Lipinski definition) is 5. The van der Waals surface area contributed by atoms with Crippen LogP contribution in [0.15, 0.2) is 45.3 Å². The van der Waals surface area contributed by atoms with Gasteiger partial charge in [-0.2, -0.15) is 0 Å². The SMILES string of the molecule is CCOC(=O)C([C@@H](C)CC)[C@@](C)(C[S@@](=O)C(C)(C)C)c1ccc(Br)c(Cl)c1.CC[C@H](C)C(CO)[C@@](C)(C[S@@](=O)C(C)(C)C)c1ccc(Br)c(Cl)c1.O. The maximum Gasteiger partial charge on any atom is 0.310 e. The molecular weight excluding hydrogens is 871 g/mol. The van der Waals surface area contributed by atoms with Crippen LogP contribution in [0.25, 0.3) is 0 Å². The second kappa shape index (κ2) is 21.8. The first-order chi connectivity index (χ1) is 23.3. The van der Waals surface area contributed by atoms with Crippen molar-refractivity contribution in [3.8, 4) is 0 Å². The molecule has 52 heavy (non-hydrogen) atoms. The van der Waals surface area contributed by atoms with Crippen molar-refractivity contribution in [2.24, 2.45) is 23.7 Å². The van der Waals surface area contributed by atoms with E-state index in [4.69, 9.17) is 27.9 Å². The molecule has 0 fully saturated rings. The number of aliphatic hydroxyl groups excluding tert-OH is 1. The Kier molecular flexibility index (Phi) is 21.7. The van der Waals surface area contributed by atoms with Crippen molar-refractivity contribution in [2.45, 2.75) is 123 Å². The molecule has 0 heterocycles. The zero-order valence-corrected chi connectivity index (χ0v) is 39.7. The Balaban J connectivity index is 0.000000988. The summed E-state index contributed by atoms with van der Waals surface area (Å²) in [5.41, 5.74) is 0.871. The lowest BCUT2D eigenvalue weighted by molar-refractivity contribution is -0.152. The number of ether oxygens (including phenoxy) is 1. The molecule has 0 saturated heterocycles. The molecule has 0 aliphatic rings. The number of esters is 1. The molecule has 12 heteroatoms. The fourth-order valence-corrected chi connectivity index (χ4v) is 9.86. The Morgan fingerprint density at radius 3 is 1.46 bits per heavy atom. The van der Waals surface area contributed by atoms with E-state index < -0.39 is 38.3 Å². The summed E-state index contributed by atoms with van der Waals surface area (Å²) in [7, 11) is -2.17. The van der Waals surface area contributed by atoms with E-state index in [1.807, 2.05) is 91.8 Å². The summed E-state index contributed by atoms with van der Waals surface area (Å²) in [5, 5.41) is 11.3. The van der Waals surface area contributed by atoms with Gasteiger partial charge in [-0.25, -0.2) is 0 Å². The van der Waals surface area contributed by atoms with E-state index in [2.05, 4.69) is 66.5 Å². The normalized spacial score (nSPS) is 17.8. The van der Waals surface area contributed by atoms with E-state index in [0.717, 1.165) is 32.9 Å². The summed E-state index contributed by atoms with van der Waals surface area (Å²) in [6.07, 6.45) is 1.79. The van der Waals surface area contributed by atoms with Gasteiger partial charge in [0.05, 0.1) is 22.6 Å². The van der Waals surface area contributed by atoms with Crippen LogP contribution in [0.4, 0.5) is 0 Å². The molecule has 6 nitrogen and oxygen atoms in total. The van der Waals surface area contributed by atoms with Gasteiger partial charge in [0.25, 0.3) is 0 Å². The molecule has 8 atom stereocenters. The van der Waals surface area contributed by atoms with Crippen molar-refractivity contribution in [2.75, 3.05) is 24.7 Å². The minimum absolute atomic E-state index is 0. The Morgan fingerprint density at radius 2 is 1.13 bits per heavy atom. The van der Waals surface area contributed by atoms with Gasteiger partial charge in [-0.15, -0.1) is 0 Å². The van der Waals surface area contributed by atoms with E-state index in [-0.39, 0.29) is 39.4 Å². The van der Waals surface area contributed by atoms with Gasteiger partial charge in [0.15, 0.2) is 0 Å². The minimum Gasteiger partial charge on any atom is -0.466 e. The maximum absolute atomic E-state index is 13.1. The second-order valence-electron chi connectivity index (χ2n) is 16.1. The average Bonchev–Trinajstić information content (AvgIpc) is 3.03. The Morgan fingerprint density at radius 1 is 0.750 bits per heavy atom. The predicted octanol–water partition coefficient (Wildman–Crippen LogP) is 10.9. The number of carbonyl (C=O) groups is 1. The van der Waals surface area contributed by atoms with E-state index >= 15 is 0 Å². The van der Waals surface area contributed by atoms with Crippen molar-refractivity contribution in [3.63, 3.8) is 0 Å². The first-order valence-corrected chi connectivity index (χ1v) is 22.8. The molecule has 0 bridgehead atoms. The van der Waals surface area contributed by atoms with Crippen LogP contribution in [0, 0.1) is 23.7 Å². The molecule has 300 valence electrons. The number of benzene rings is 2. The van der Waals surface area contributed by atoms with Crippen molar-refractivity contribution < 1.29 is 28.5 Å².